The van der Waals surface area contributed by atoms with Crippen molar-refractivity contribution in [1.29, 1.82) is 0 Å². The molecule has 1 aliphatic heterocycles. The summed E-state index contributed by atoms with van der Waals surface area (Å²) < 4.78 is 22.3. The molecule has 1 unspecified atom stereocenters. The van der Waals surface area contributed by atoms with Gasteiger partial charge in [-0.1, -0.05) is 16.8 Å². The van der Waals surface area contributed by atoms with Crippen LogP contribution in [0.5, 0.6) is 11.5 Å². The maximum absolute atomic E-state index is 12.8. The topological polar surface area (TPSA) is 124 Å². The van der Waals surface area contributed by atoms with Gasteiger partial charge in [0.1, 0.15) is 23.7 Å². The third-order valence-electron chi connectivity index (χ3n) is 5.31. The summed E-state index contributed by atoms with van der Waals surface area (Å²) in [5.41, 5.74) is 1.01. The molecule has 1 aromatic heterocycles. The van der Waals surface area contributed by atoms with E-state index >= 15 is 0 Å². The number of aliphatic carboxylic acids is 1. The number of hydrogen-bond acceptors (Lipinski definition) is 8. The Kier molecular flexibility index (Phi) is 7.31. The molecule has 0 bridgehead atoms. The first kappa shape index (κ1) is 26.3. The molecule has 3 aromatic rings. The highest BCUT2D eigenvalue weighted by Gasteiger charge is 2.36. The van der Waals surface area contributed by atoms with Crippen LogP contribution in [-0.2, 0) is 16.1 Å². The molecule has 1 N–H and O–H groups in total. The fourth-order valence-electron chi connectivity index (χ4n) is 3.69. The number of carbonyl (C=O) groups excluding carboxylic acids is 1. The van der Waals surface area contributed by atoms with Gasteiger partial charge in [0.2, 0.25) is 5.82 Å². The van der Waals surface area contributed by atoms with Crippen molar-refractivity contribution in [3.8, 4) is 34.3 Å². The Labute approximate surface area is 219 Å². The highest BCUT2D eigenvalue weighted by atomic mass is 35.5. The number of carboxylic acid groups (broad SMARTS) is 1. The zero-order valence-electron chi connectivity index (χ0n) is 21.1. The van der Waals surface area contributed by atoms with E-state index in [9.17, 15) is 14.7 Å². The lowest BCUT2D eigenvalue weighted by Gasteiger charge is -2.29. The molecule has 4 rings (SSSR count). The van der Waals surface area contributed by atoms with Crippen molar-refractivity contribution in [3.05, 3.63) is 47.0 Å². The van der Waals surface area contributed by atoms with Crippen LogP contribution in [0.25, 0.3) is 22.8 Å². The van der Waals surface area contributed by atoms with Crippen LogP contribution in [0.1, 0.15) is 40.2 Å². The van der Waals surface area contributed by atoms with Crippen LogP contribution in [0.4, 0.5) is 4.79 Å². The van der Waals surface area contributed by atoms with E-state index in [1.165, 1.54) is 0 Å². The monoisotopic (exact) mass is 529 g/mol. The summed E-state index contributed by atoms with van der Waals surface area (Å²) in [4.78, 5) is 30.4. The minimum absolute atomic E-state index is 0.0208. The average molecular weight is 530 g/mol. The largest absolute Gasteiger partial charge is 0.490 e. The lowest BCUT2D eigenvalue weighted by molar-refractivity contribution is -0.144. The second-order valence-corrected chi connectivity index (χ2v) is 10.2. The Balaban J connectivity index is 1.61. The number of fused-ring (bicyclic) bond motifs is 1. The number of hydrogen-bond donors (Lipinski definition) is 1. The molecule has 1 atom stereocenters. The van der Waals surface area contributed by atoms with Crippen LogP contribution in [-0.4, -0.2) is 56.6 Å². The molecule has 10 nitrogen and oxygen atoms in total. The molecule has 0 fully saturated rings. The second kappa shape index (κ2) is 10.3. The molecule has 0 saturated carbocycles. The fourth-order valence-corrected chi connectivity index (χ4v) is 3.92. The van der Waals surface area contributed by atoms with Crippen molar-refractivity contribution in [3.63, 3.8) is 0 Å². The lowest BCUT2D eigenvalue weighted by atomic mass is 10.1. The van der Waals surface area contributed by atoms with Crippen molar-refractivity contribution in [2.24, 2.45) is 0 Å². The van der Waals surface area contributed by atoms with E-state index in [0.29, 0.717) is 39.0 Å². The highest BCUT2D eigenvalue weighted by molar-refractivity contribution is 6.32. The lowest BCUT2D eigenvalue weighted by Crippen LogP contribution is -2.48. The zero-order valence-corrected chi connectivity index (χ0v) is 21.9. The van der Waals surface area contributed by atoms with Gasteiger partial charge in [0.05, 0.1) is 17.7 Å². The molecule has 11 heteroatoms. The van der Waals surface area contributed by atoms with Crippen LogP contribution < -0.4 is 9.47 Å². The molecular formula is C26H28ClN3O7. The van der Waals surface area contributed by atoms with Crippen molar-refractivity contribution < 1.29 is 33.4 Å². The number of carbonyl (C=O) groups is 2. The van der Waals surface area contributed by atoms with Crippen molar-refractivity contribution in [2.75, 3.05) is 6.61 Å². The van der Waals surface area contributed by atoms with E-state index in [4.69, 9.17) is 30.3 Å². The fraction of sp³-hybridized carbons (Fsp3) is 0.385. The van der Waals surface area contributed by atoms with Gasteiger partial charge in [-0.15, -0.1) is 0 Å². The number of ether oxygens (including phenoxy) is 3. The Bertz CT molecular complexity index is 1320. The maximum atomic E-state index is 12.8. The molecule has 1 aliphatic rings. The number of halogens is 1. The van der Waals surface area contributed by atoms with Gasteiger partial charge in [-0.2, -0.15) is 4.98 Å². The van der Waals surface area contributed by atoms with Crippen LogP contribution in [0.3, 0.4) is 0 Å². The van der Waals surface area contributed by atoms with Crippen LogP contribution in [0, 0.1) is 0 Å². The van der Waals surface area contributed by atoms with E-state index in [-0.39, 0.29) is 25.1 Å². The predicted octanol–water partition coefficient (Wildman–Crippen LogP) is 5.43. The SMILES string of the molecule is CC(C)Oc1ccc(-c2nc(-c3ccc4c(c3)CN(C(=O)OC(C)(C)C)C(C(=O)O)CO4)no2)cc1Cl. The summed E-state index contributed by atoms with van der Waals surface area (Å²) in [6, 6.07) is 9.15. The summed E-state index contributed by atoms with van der Waals surface area (Å²) in [6.45, 7) is 8.72. The Hall–Kier alpha value is -3.79. The molecule has 2 aromatic carbocycles. The molecule has 196 valence electrons. The van der Waals surface area contributed by atoms with E-state index in [1.807, 2.05) is 13.8 Å². The van der Waals surface area contributed by atoms with Crippen molar-refractivity contribution >= 4 is 23.7 Å². The van der Waals surface area contributed by atoms with Crippen molar-refractivity contribution in [2.45, 2.75) is 58.9 Å². The number of rotatable bonds is 5. The van der Waals surface area contributed by atoms with E-state index in [1.54, 1.807) is 57.2 Å². The first-order valence-electron chi connectivity index (χ1n) is 11.7. The van der Waals surface area contributed by atoms with Gasteiger partial charge < -0.3 is 23.8 Å². The first-order chi connectivity index (χ1) is 17.4. The highest BCUT2D eigenvalue weighted by Crippen LogP contribution is 2.33. The molecular weight excluding hydrogens is 502 g/mol. The maximum Gasteiger partial charge on any atom is 0.411 e. The molecule has 1 amide bonds. The van der Waals surface area contributed by atoms with Gasteiger partial charge in [-0.3, -0.25) is 4.90 Å². The van der Waals surface area contributed by atoms with Crippen LogP contribution >= 0.6 is 11.6 Å². The van der Waals surface area contributed by atoms with Crippen molar-refractivity contribution in [1.82, 2.24) is 15.0 Å². The van der Waals surface area contributed by atoms with Crippen LogP contribution in [0.15, 0.2) is 40.9 Å². The number of benzene rings is 2. The quantitative estimate of drug-likeness (QED) is 0.460. The summed E-state index contributed by atoms with van der Waals surface area (Å²) in [5, 5.41) is 14.2. The van der Waals surface area contributed by atoms with E-state index < -0.39 is 23.7 Å². The van der Waals surface area contributed by atoms with Gasteiger partial charge in [0.15, 0.2) is 6.04 Å². The van der Waals surface area contributed by atoms with Gasteiger partial charge in [0.25, 0.3) is 5.89 Å². The second-order valence-electron chi connectivity index (χ2n) is 9.83. The Morgan fingerprint density at radius 1 is 1.16 bits per heavy atom. The summed E-state index contributed by atoms with van der Waals surface area (Å²) in [5.74, 6) is 0.391. The zero-order chi connectivity index (χ0) is 26.9. The third-order valence-corrected chi connectivity index (χ3v) is 5.61. The number of nitrogens with zero attached hydrogens (tertiary/aromatic N) is 3. The van der Waals surface area contributed by atoms with Crippen LogP contribution in [0.2, 0.25) is 5.02 Å². The van der Waals surface area contributed by atoms with Gasteiger partial charge >= 0.3 is 12.1 Å². The molecule has 2 heterocycles. The Morgan fingerprint density at radius 2 is 1.89 bits per heavy atom. The molecule has 0 spiro atoms. The summed E-state index contributed by atoms with van der Waals surface area (Å²) in [7, 11) is 0. The molecule has 37 heavy (non-hydrogen) atoms. The first-order valence-corrected chi connectivity index (χ1v) is 12.1. The average Bonchev–Trinajstić information content (AvgIpc) is 3.20. The Morgan fingerprint density at radius 3 is 2.54 bits per heavy atom. The van der Waals surface area contributed by atoms with E-state index in [2.05, 4.69) is 10.1 Å². The molecule has 0 radical (unpaired) electrons. The minimum atomic E-state index is -1.21. The smallest absolute Gasteiger partial charge is 0.411 e. The summed E-state index contributed by atoms with van der Waals surface area (Å²) in [6.07, 6.45) is -0.766. The minimum Gasteiger partial charge on any atom is -0.490 e. The number of aromatic nitrogens is 2. The number of carboxylic acids is 1. The standard InChI is InChI=1S/C26H28ClN3O7/c1-14(2)35-21-9-7-16(11-18(21)27)23-28-22(29-37-23)15-6-8-20-17(10-15)12-30(19(13-34-20)24(31)32)25(33)36-26(3,4)5/h6-11,14,19H,12-13H2,1-5H3,(H,31,32). The molecule has 0 aliphatic carbocycles. The van der Waals surface area contributed by atoms with Gasteiger partial charge in [0, 0.05) is 16.7 Å². The van der Waals surface area contributed by atoms with Gasteiger partial charge in [-0.25, -0.2) is 9.59 Å². The normalized spacial score (nSPS) is 15.5. The number of amides is 1. The van der Waals surface area contributed by atoms with Gasteiger partial charge in [-0.05, 0) is 71.0 Å². The third kappa shape index (κ3) is 6.14. The van der Waals surface area contributed by atoms with E-state index in [0.717, 1.165) is 4.90 Å². The molecule has 0 saturated heterocycles. The summed E-state index contributed by atoms with van der Waals surface area (Å²) >= 11 is 6.34. The predicted molar refractivity (Wildman–Crippen MR) is 135 cm³/mol.